The zero-order valence-corrected chi connectivity index (χ0v) is 14.6. The largest absolute Gasteiger partial charge is 0.481 e. The minimum absolute atomic E-state index is 0.282. The van der Waals surface area contributed by atoms with Gasteiger partial charge in [-0.05, 0) is 36.4 Å². The second-order valence-electron chi connectivity index (χ2n) is 5.59. The molecule has 2 rings (SSSR count). The molecule has 7 nitrogen and oxygen atoms in total. The lowest BCUT2D eigenvalue weighted by molar-refractivity contribution is -0.149. The Labute approximate surface area is 151 Å². The van der Waals surface area contributed by atoms with Crippen molar-refractivity contribution >= 4 is 29.5 Å². The van der Waals surface area contributed by atoms with E-state index in [2.05, 4.69) is 5.32 Å². The quantitative estimate of drug-likeness (QED) is 0.576. The summed E-state index contributed by atoms with van der Waals surface area (Å²) in [6, 6.07) is 13.7. The first-order chi connectivity index (χ1) is 12.5. The summed E-state index contributed by atoms with van der Waals surface area (Å²) in [5.74, 6) is -0.877. The Balaban J connectivity index is 1.76. The standard InChI is InChI=1S/C19H20N2O5/c1-21(2)16-9-7-15(8-10-16)20-18(23)12-26-19(24)13-25-17-6-4-3-5-14(17)11-22/h3-11H,12-13H2,1-2H3,(H,20,23). The molecule has 0 bridgehead atoms. The van der Waals surface area contributed by atoms with E-state index in [-0.39, 0.29) is 5.75 Å². The van der Waals surface area contributed by atoms with Gasteiger partial charge in [0.25, 0.3) is 5.91 Å². The second kappa shape index (κ2) is 9.22. The molecule has 0 aliphatic heterocycles. The summed E-state index contributed by atoms with van der Waals surface area (Å²) in [4.78, 5) is 36.3. The summed E-state index contributed by atoms with van der Waals surface area (Å²) < 4.78 is 10.1. The molecule has 0 unspecified atom stereocenters. The van der Waals surface area contributed by atoms with Gasteiger partial charge in [-0.25, -0.2) is 4.79 Å². The number of ether oxygens (including phenoxy) is 2. The van der Waals surface area contributed by atoms with Gasteiger partial charge >= 0.3 is 5.97 Å². The number of esters is 1. The molecule has 26 heavy (non-hydrogen) atoms. The number of nitrogens with one attached hydrogen (secondary N) is 1. The monoisotopic (exact) mass is 356 g/mol. The highest BCUT2D eigenvalue weighted by atomic mass is 16.6. The van der Waals surface area contributed by atoms with Gasteiger partial charge in [0.15, 0.2) is 19.5 Å². The number of hydrogen-bond acceptors (Lipinski definition) is 6. The maximum atomic E-state index is 11.8. The van der Waals surface area contributed by atoms with Gasteiger partial charge in [0.2, 0.25) is 0 Å². The zero-order chi connectivity index (χ0) is 18.9. The molecule has 2 aromatic rings. The Kier molecular flexibility index (Phi) is 6.73. The Morgan fingerprint density at radius 1 is 1.04 bits per heavy atom. The van der Waals surface area contributed by atoms with Crippen molar-refractivity contribution < 1.29 is 23.9 Å². The molecule has 1 amide bonds. The summed E-state index contributed by atoms with van der Waals surface area (Å²) in [5, 5.41) is 2.63. The summed E-state index contributed by atoms with van der Waals surface area (Å²) >= 11 is 0. The van der Waals surface area contributed by atoms with Crippen LogP contribution in [0, 0.1) is 0 Å². The number of aldehydes is 1. The fraction of sp³-hybridized carbons (Fsp3) is 0.211. The van der Waals surface area contributed by atoms with E-state index in [1.54, 1.807) is 36.4 Å². The number of carbonyl (C=O) groups excluding carboxylic acids is 3. The van der Waals surface area contributed by atoms with Crippen LogP contribution in [-0.4, -0.2) is 45.5 Å². The van der Waals surface area contributed by atoms with E-state index in [0.717, 1.165) is 5.69 Å². The third-order valence-electron chi connectivity index (χ3n) is 3.42. The molecule has 0 saturated carbocycles. The Morgan fingerprint density at radius 2 is 1.73 bits per heavy atom. The zero-order valence-electron chi connectivity index (χ0n) is 14.6. The molecule has 0 aliphatic carbocycles. The van der Waals surface area contributed by atoms with E-state index >= 15 is 0 Å². The van der Waals surface area contributed by atoms with Crippen molar-refractivity contribution in [1.82, 2.24) is 0 Å². The molecule has 1 N–H and O–H groups in total. The minimum atomic E-state index is -0.705. The van der Waals surface area contributed by atoms with Gasteiger partial charge in [0, 0.05) is 25.5 Å². The van der Waals surface area contributed by atoms with Crippen molar-refractivity contribution in [1.29, 1.82) is 0 Å². The summed E-state index contributed by atoms with van der Waals surface area (Å²) in [5.41, 5.74) is 1.94. The third-order valence-corrected chi connectivity index (χ3v) is 3.42. The van der Waals surface area contributed by atoms with Crippen LogP contribution in [0.2, 0.25) is 0 Å². The molecule has 0 fully saturated rings. The van der Waals surface area contributed by atoms with E-state index < -0.39 is 25.1 Å². The SMILES string of the molecule is CN(C)c1ccc(NC(=O)COC(=O)COc2ccccc2C=O)cc1. The topological polar surface area (TPSA) is 84.9 Å². The van der Waals surface area contributed by atoms with E-state index in [4.69, 9.17) is 9.47 Å². The first-order valence-electron chi connectivity index (χ1n) is 7.89. The van der Waals surface area contributed by atoms with Crippen LogP contribution in [0.15, 0.2) is 48.5 Å². The van der Waals surface area contributed by atoms with E-state index in [1.165, 1.54) is 0 Å². The van der Waals surface area contributed by atoms with E-state index in [1.807, 2.05) is 31.1 Å². The molecule has 0 heterocycles. The number of carbonyl (C=O) groups is 3. The molecule has 7 heteroatoms. The number of anilines is 2. The second-order valence-corrected chi connectivity index (χ2v) is 5.59. The Morgan fingerprint density at radius 3 is 2.38 bits per heavy atom. The number of rotatable bonds is 8. The Hall–Kier alpha value is -3.35. The van der Waals surface area contributed by atoms with Gasteiger partial charge < -0.3 is 19.7 Å². The summed E-state index contributed by atoms with van der Waals surface area (Å²) in [6.07, 6.45) is 0.635. The van der Waals surface area contributed by atoms with Gasteiger partial charge in [-0.1, -0.05) is 12.1 Å². The van der Waals surface area contributed by atoms with Crippen LogP contribution >= 0.6 is 0 Å². The van der Waals surface area contributed by atoms with Crippen LogP contribution in [0.1, 0.15) is 10.4 Å². The van der Waals surface area contributed by atoms with E-state index in [0.29, 0.717) is 17.5 Å². The lowest BCUT2D eigenvalue weighted by Gasteiger charge is -2.13. The van der Waals surface area contributed by atoms with Crippen LogP contribution < -0.4 is 15.0 Å². The first kappa shape index (κ1) is 19.0. The van der Waals surface area contributed by atoms with Gasteiger partial charge in [-0.3, -0.25) is 9.59 Å². The van der Waals surface area contributed by atoms with Crippen molar-refractivity contribution in [2.45, 2.75) is 0 Å². The van der Waals surface area contributed by atoms with Crippen molar-refractivity contribution in [3.8, 4) is 5.75 Å². The predicted octanol–water partition coefficient (Wildman–Crippen LogP) is 2.13. The van der Waals surface area contributed by atoms with Gasteiger partial charge in [-0.15, -0.1) is 0 Å². The Bertz CT molecular complexity index is 772. The lowest BCUT2D eigenvalue weighted by Crippen LogP contribution is -2.23. The molecule has 2 aromatic carbocycles. The summed E-state index contributed by atoms with van der Waals surface area (Å²) in [7, 11) is 3.84. The van der Waals surface area contributed by atoms with Crippen molar-refractivity contribution in [2.75, 3.05) is 37.5 Å². The molecule has 0 atom stereocenters. The van der Waals surface area contributed by atoms with Crippen LogP contribution in [0.3, 0.4) is 0 Å². The normalized spacial score (nSPS) is 9.92. The molecule has 0 aliphatic rings. The highest BCUT2D eigenvalue weighted by molar-refractivity contribution is 5.93. The van der Waals surface area contributed by atoms with Gasteiger partial charge in [0.1, 0.15) is 5.75 Å². The molecule has 0 radical (unpaired) electrons. The lowest BCUT2D eigenvalue weighted by atomic mass is 10.2. The van der Waals surface area contributed by atoms with E-state index in [9.17, 15) is 14.4 Å². The molecular weight excluding hydrogens is 336 g/mol. The van der Waals surface area contributed by atoms with Crippen molar-refractivity contribution in [2.24, 2.45) is 0 Å². The molecule has 0 aromatic heterocycles. The number of para-hydroxylation sites is 1. The molecule has 0 saturated heterocycles. The van der Waals surface area contributed by atoms with Gasteiger partial charge in [0.05, 0.1) is 5.56 Å². The van der Waals surface area contributed by atoms with Crippen LogP contribution in [0.25, 0.3) is 0 Å². The average molecular weight is 356 g/mol. The van der Waals surface area contributed by atoms with Crippen LogP contribution in [0.4, 0.5) is 11.4 Å². The predicted molar refractivity (Wildman–Crippen MR) is 97.7 cm³/mol. The number of amides is 1. The highest BCUT2D eigenvalue weighted by Gasteiger charge is 2.10. The van der Waals surface area contributed by atoms with Crippen molar-refractivity contribution in [3.05, 3.63) is 54.1 Å². The minimum Gasteiger partial charge on any atom is -0.481 e. The fourth-order valence-corrected chi connectivity index (χ4v) is 2.07. The number of benzene rings is 2. The fourth-order valence-electron chi connectivity index (χ4n) is 2.07. The average Bonchev–Trinajstić information content (AvgIpc) is 2.65. The van der Waals surface area contributed by atoms with Crippen LogP contribution in [-0.2, 0) is 14.3 Å². The highest BCUT2D eigenvalue weighted by Crippen LogP contribution is 2.16. The van der Waals surface area contributed by atoms with Crippen molar-refractivity contribution in [3.63, 3.8) is 0 Å². The molecule has 136 valence electrons. The van der Waals surface area contributed by atoms with Gasteiger partial charge in [-0.2, -0.15) is 0 Å². The molecule has 0 spiro atoms. The maximum absolute atomic E-state index is 11.8. The first-order valence-corrected chi connectivity index (χ1v) is 7.89. The number of hydrogen-bond donors (Lipinski definition) is 1. The third kappa shape index (κ3) is 5.62. The summed E-state index contributed by atoms with van der Waals surface area (Å²) in [6.45, 7) is -0.817. The molecular formula is C19H20N2O5. The smallest absolute Gasteiger partial charge is 0.344 e. The number of nitrogens with zero attached hydrogens (tertiary/aromatic N) is 1. The van der Waals surface area contributed by atoms with Crippen LogP contribution in [0.5, 0.6) is 5.75 Å². The maximum Gasteiger partial charge on any atom is 0.344 e.